The van der Waals surface area contributed by atoms with Gasteiger partial charge in [0.2, 0.25) is 0 Å². The van der Waals surface area contributed by atoms with Crippen LogP contribution in [0.4, 0.5) is 0 Å². The van der Waals surface area contributed by atoms with E-state index in [0.29, 0.717) is 23.6 Å². The fourth-order valence-electron chi connectivity index (χ4n) is 3.86. The molecule has 0 aromatic heterocycles. The van der Waals surface area contributed by atoms with E-state index in [1.807, 2.05) is 4.90 Å². The third-order valence-electron chi connectivity index (χ3n) is 5.28. The first kappa shape index (κ1) is 18.0. The van der Waals surface area contributed by atoms with Gasteiger partial charge in [-0.05, 0) is 44.5 Å². The van der Waals surface area contributed by atoms with Crippen molar-refractivity contribution in [3.8, 4) is 11.5 Å². The first-order valence-corrected chi connectivity index (χ1v) is 8.94. The average Bonchev–Trinajstić information content (AvgIpc) is 3.30. The predicted octanol–water partition coefficient (Wildman–Crippen LogP) is 2.03. The van der Waals surface area contributed by atoms with Gasteiger partial charge in [0.15, 0.2) is 0 Å². The molecule has 2 saturated heterocycles. The molecule has 6 nitrogen and oxygen atoms in total. The van der Waals surface area contributed by atoms with Gasteiger partial charge in [-0.15, -0.1) is 0 Å². The number of rotatable bonds is 6. The smallest absolute Gasteiger partial charge is 0.258 e. The van der Waals surface area contributed by atoms with Crippen LogP contribution in [-0.2, 0) is 4.74 Å². The first-order valence-electron chi connectivity index (χ1n) is 8.94. The summed E-state index contributed by atoms with van der Waals surface area (Å²) in [6, 6.07) is 5.52. The summed E-state index contributed by atoms with van der Waals surface area (Å²) >= 11 is 0. The number of carbonyl (C=O) groups is 1. The fourth-order valence-corrected chi connectivity index (χ4v) is 3.86. The van der Waals surface area contributed by atoms with Crippen LogP contribution in [0.5, 0.6) is 11.5 Å². The molecule has 0 spiro atoms. The second-order valence-corrected chi connectivity index (χ2v) is 6.78. The Morgan fingerprint density at radius 2 is 1.92 bits per heavy atom. The monoisotopic (exact) mass is 348 g/mol. The topological polar surface area (TPSA) is 51.2 Å². The van der Waals surface area contributed by atoms with Crippen molar-refractivity contribution in [1.82, 2.24) is 9.80 Å². The molecule has 1 aromatic carbocycles. The predicted molar refractivity (Wildman–Crippen MR) is 95.5 cm³/mol. The number of hydrogen-bond donors (Lipinski definition) is 0. The van der Waals surface area contributed by atoms with Gasteiger partial charge in [-0.2, -0.15) is 0 Å². The van der Waals surface area contributed by atoms with Crippen LogP contribution in [-0.4, -0.2) is 75.4 Å². The molecule has 1 amide bonds. The zero-order valence-corrected chi connectivity index (χ0v) is 15.4. The van der Waals surface area contributed by atoms with Gasteiger partial charge in [-0.1, -0.05) is 0 Å². The summed E-state index contributed by atoms with van der Waals surface area (Å²) < 4.78 is 16.2. The number of carbonyl (C=O) groups excluding carboxylic acids is 1. The Balaban J connectivity index is 1.80. The van der Waals surface area contributed by atoms with Gasteiger partial charge in [-0.3, -0.25) is 4.79 Å². The van der Waals surface area contributed by atoms with E-state index < -0.39 is 0 Å². The van der Waals surface area contributed by atoms with Crippen LogP contribution in [0, 0.1) is 0 Å². The normalized spacial score (nSPS) is 23.9. The van der Waals surface area contributed by atoms with Gasteiger partial charge in [0.25, 0.3) is 5.91 Å². The molecular weight excluding hydrogens is 320 g/mol. The molecule has 2 aliphatic rings. The highest BCUT2D eigenvalue weighted by molar-refractivity contribution is 5.97. The quantitative estimate of drug-likeness (QED) is 0.787. The van der Waals surface area contributed by atoms with E-state index in [9.17, 15) is 4.79 Å². The van der Waals surface area contributed by atoms with Gasteiger partial charge in [0.05, 0.1) is 25.9 Å². The standard InChI is InChI=1S/C19H28N2O4/c1-23-15-6-7-17(18(11-15)25-3)19(22)21-13-16(24-2)10-14(21)12-20-8-4-5-9-20/h6-7,11,14,16H,4-5,8-10,12-13H2,1-3H3/t14-,16-/m0/s1. The van der Waals surface area contributed by atoms with Crippen LogP contribution >= 0.6 is 0 Å². The summed E-state index contributed by atoms with van der Waals surface area (Å²) in [7, 11) is 4.90. The van der Waals surface area contributed by atoms with Crippen LogP contribution in [0.1, 0.15) is 29.6 Å². The number of methoxy groups -OCH3 is 3. The lowest BCUT2D eigenvalue weighted by Gasteiger charge is -2.28. The van der Waals surface area contributed by atoms with E-state index >= 15 is 0 Å². The zero-order valence-electron chi connectivity index (χ0n) is 15.4. The number of amides is 1. The van der Waals surface area contributed by atoms with Crippen LogP contribution in [0.2, 0.25) is 0 Å². The maximum absolute atomic E-state index is 13.2. The average molecular weight is 348 g/mol. The second-order valence-electron chi connectivity index (χ2n) is 6.78. The lowest BCUT2D eigenvalue weighted by Crippen LogP contribution is -2.42. The minimum Gasteiger partial charge on any atom is -0.497 e. The largest absolute Gasteiger partial charge is 0.497 e. The minimum atomic E-state index is 0.00301. The van der Waals surface area contributed by atoms with E-state index in [1.165, 1.54) is 12.8 Å². The Hall–Kier alpha value is -1.79. The maximum Gasteiger partial charge on any atom is 0.258 e. The molecule has 2 aliphatic heterocycles. The highest BCUT2D eigenvalue weighted by Gasteiger charge is 2.37. The van der Waals surface area contributed by atoms with E-state index in [-0.39, 0.29) is 18.1 Å². The van der Waals surface area contributed by atoms with E-state index in [0.717, 1.165) is 26.1 Å². The van der Waals surface area contributed by atoms with Crippen molar-refractivity contribution in [1.29, 1.82) is 0 Å². The lowest BCUT2D eigenvalue weighted by molar-refractivity contribution is 0.0667. The molecule has 2 atom stereocenters. The van der Waals surface area contributed by atoms with Crippen molar-refractivity contribution in [3.63, 3.8) is 0 Å². The van der Waals surface area contributed by atoms with Crippen LogP contribution in [0.3, 0.4) is 0 Å². The Morgan fingerprint density at radius 1 is 1.16 bits per heavy atom. The highest BCUT2D eigenvalue weighted by Crippen LogP contribution is 2.30. The molecule has 138 valence electrons. The first-order chi connectivity index (χ1) is 12.2. The Labute approximate surface area is 149 Å². The molecule has 6 heteroatoms. The summed E-state index contributed by atoms with van der Waals surface area (Å²) in [5.74, 6) is 1.23. The van der Waals surface area contributed by atoms with E-state index in [1.54, 1.807) is 39.5 Å². The van der Waals surface area contributed by atoms with Crippen molar-refractivity contribution in [2.75, 3.05) is 47.5 Å². The van der Waals surface area contributed by atoms with Crippen LogP contribution < -0.4 is 9.47 Å². The third kappa shape index (κ3) is 3.90. The molecule has 2 heterocycles. The summed E-state index contributed by atoms with van der Waals surface area (Å²) in [6.07, 6.45) is 3.49. The zero-order chi connectivity index (χ0) is 17.8. The lowest BCUT2D eigenvalue weighted by atomic mass is 10.1. The molecule has 25 heavy (non-hydrogen) atoms. The van der Waals surface area contributed by atoms with Gasteiger partial charge in [0, 0.05) is 32.3 Å². The molecule has 0 N–H and O–H groups in total. The number of ether oxygens (including phenoxy) is 3. The highest BCUT2D eigenvalue weighted by atomic mass is 16.5. The summed E-state index contributed by atoms with van der Waals surface area (Å²) in [5.41, 5.74) is 0.575. The second kappa shape index (κ2) is 8.06. The summed E-state index contributed by atoms with van der Waals surface area (Å²) in [6.45, 7) is 3.80. The molecule has 1 aromatic rings. The van der Waals surface area contributed by atoms with Crippen molar-refractivity contribution in [2.24, 2.45) is 0 Å². The number of benzene rings is 1. The summed E-state index contributed by atoms with van der Waals surface area (Å²) in [4.78, 5) is 17.6. The van der Waals surface area contributed by atoms with Gasteiger partial charge in [-0.25, -0.2) is 0 Å². The van der Waals surface area contributed by atoms with Crippen molar-refractivity contribution in [2.45, 2.75) is 31.4 Å². The van der Waals surface area contributed by atoms with E-state index in [2.05, 4.69) is 4.90 Å². The summed E-state index contributed by atoms with van der Waals surface area (Å²) in [5, 5.41) is 0. The molecule has 0 unspecified atom stereocenters. The molecule has 0 radical (unpaired) electrons. The van der Waals surface area contributed by atoms with E-state index in [4.69, 9.17) is 14.2 Å². The van der Waals surface area contributed by atoms with Crippen molar-refractivity contribution in [3.05, 3.63) is 23.8 Å². The SMILES string of the molecule is COc1ccc(C(=O)N2C[C@@H](OC)C[C@H]2CN2CCCC2)c(OC)c1. The Kier molecular flexibility index (Phi) is 5.81. The molecule has 0 saturated carbocycles. The van der Waals surface area contributed by atoms with Crippen molar-refractivity contribution >= 4 is 5.91 Å². The molecule has 0 aliphatic carbocycles. The van der Waals surface area contributed by atoms with Gasteiger partial charge >= 0.3 is 0 Å². The van der Waals surface area contributed by atoms with Gasteiger partial charge < -0.3 is 24.0 Å². The van der Waals surface area contributed by atoms with Crippen LogP contribution in [0.15, 0.2) is 18.2 Å². The molecule has 0 bridgehead atoms. The fraction of sp³-hybridized carbons (Fsp3) is 0.632. The van der Waals surface area contributed by atoms with Gasteiger partial charge in [0.1, 0.15) is 11.5 Å². The van der Waals surface area contributed by atoms with Crippen molar-refractivity contribution < 1.29 is 19.0 Å². The molecular formula is C19H28N2O4. The Morgan fingerprint density at radius 3 is 2.56 bits per heavy atom. The number of likely N-dealkylation sites (tertiary alicyclic amines) is 2. The molecule has 3 rings (SSSR count). The third-order valence-corrected chi connectivity index (χ3v) is 5.28. The maximum atomic E-state index is 13.2. The minimum absolute atomic E-state index is 0.00301. The number of hydrogen-bond acceptors (Lipinski definition) is 5. The molecule has 2 fully saturated rings. The Bertz CT molecular complexity index is 601. The number of nitrogens with zero attached hydrogens (tertiary/aromatic N) is 2. The van der Waals surface area contributed by atoms with Crippen LogP contribution in [0.25, 0.3) is 0 Å².